The van der Waals surface area contributed by atoms with Crippen molar-refractivity contribution in [2.75, 3.05) is 20.2 Å². The summed E-state index contributed by atoms with van der Waals surface area (Å²) in [6.07, 6.45) is 3.74. The molecule has 0 spiro atoms. The van der Waals surface area contributed by atoms with Crippen LogP contribution in [0.15, 0.2) is 0 Å². The highest BCUT2D eigenvalue weighted by Crippen LogP contribution is 2.38. The number of hydrogen-bond acceptors (Lipinski definition) is 3. The molecule has 0 aromatic carbocycles. The zero-order valence-corrected chi connectivity index (χ0v) is 9.58. The molecule has 1 aliphatic heterocycles. The van der Waals surface area contributed by atoms with E-state index in [0.717, 1.165) is 12.8 Å². The molecule has 2 rings (SSSR count). The molecular formula is C11H20N2O2. The van der Waals surface area contributed by atoms with E-state index in [1.165, 1.54) is 6.42 Å². The molecule has 4 nitrogen and oxygen atoms in total. The molecule has 15 heavy (non-hydrogen) atoms. The molecule has 0 atom stereocenters. The number of likely N-dealkylation sites (tertiary alicyclic amines) is 1. The number of hydrogen-bond donors (Lipinski definition) is 1. The summed E-state index contributed by atoms with van der Waals surface area (Å²) in [5.41, 5.74) is 5.54. The van der Waals surface area contributed by atoms with Gasteiger partial charge in [-0.15, -0.1) is 0 Å². The molecule has 1 aliphatic carbocycles. The van der Waals surface area contributed by atoms with Crippen LogP contribution in [-0.2, 0) is 9.53 Å². The summed E-state index contributed by atoms with van der Waals surface area (Å²) in [5.74, 6) is 0.194. The second-order valence-corrected chi connectivity index (χ2v) is 5.32. The van der Waals surface area contributed by atoms with Crippen LogP contribution in [0.2, 0.25) is 0 Å². The molecule has 2 aliphatic rings. The van der Waals surface area contributed by atoms with Gasteiger partial charge >= 0.3 is 0 Å². The third kappa shape index (κ3) is 2.01. The predicted octanol–water partition coefficient (Wildman–Crippen LogP) is 0.505. The van der Waals surface area contributed by atoms with E-state index in [-0.39, 0.29) is 17.0 Å². The van der Waals surface area contributed by atoms with Crippen molar-refractivity contribution in [1.82, 2.24) is 4.90 Å². The molecule has 1 saturated carbocycles. The maximum absolute atomic E-state index is 11.9. The first-order chi connectivity index (χ1) is 6.96. The lowest BCUT2D eigenvalue weighted by atomic mass is 9.76. The van der Waals surface area contributed by atoms with Gasteiger partial charge in [0, 0.05) is 25.7 Å². The van der Waals surface area contributed by atoms with Gasteiger partial charge in [-0.2, -0.15) is 0 Å². The highest BCUT2D eigenvalue weighted by Gasteiger charge is 2.44. The maximum Gasteiger partial charge on any atom is 0.225 e. The van der Waals surface area contributed by atoms with Gasteiger partial charge in [0.25, 0.3) is 0 Å². The van der Waals surface area contributed by atoms with E-state index in [9.17, 15) is 4.79 Å². The first kappa shape index (κ1) is 10.9. The van der Waals surface area contributed by atoms with Gasteiger partial charge in [0.1, 0.15) is 0 Å². The largest absolute Gasteiger partial charge is 0.378 e. The molecule has 1 heterocycles. The fraction of sp³-hybridized carbons (Fsp3) is 0.909. The average Bonchev–Trinajstić information content (AvgIpc) is 2.07. The van der Waals surface area contributed by atoms with Gasteiger partial charge in [-0.1, -0.05) is 0 Å². The zero-order valence-electron chi connectivity index (χ0n) is 9.58. The minimum absolute atomic E-state index is 0.155. The molecule has 1 saturated heterocycles. The van der Waals surface area contributed by atoms with Gasteiger partial charge in [-0.3, -0.25) is 4.79 Å². The average molecular weight is 212 g/mol. The lowest BCUT2D eigenvalue weighted by Crippen LogP contribution is -2.67. The van der Waals surface area contributed by atoms with Crippen LogP contribution in [0, 0.1) is 0 Å². The molecule has 86 valence electrons. The van der Waals surface area contributed by atoms with Crippen molar-refractivity contribution in [3.05, 3.63) is 0 Å². The number of ether oxygens (including phenoxy) is 1. The summed E-state index contributed by atoms with van der Waals surface area (Å²) in [6, 6.07) is 0. The summed E-state index contributed by atoms with van der Waals surface area (Å²) in [4.78, 5) is 13.7. The Kier molecular flexibility index (Phi) is 2.51. The Morgan fingerprint density at radius 3 is 2.40 bits per heavy atom. The third-order valence-corrected chi connectivity index (χ3v) is 3.63. The van der Waals surface area contributed by atoms with E-state index in [1.807, 2.05) is 11.8 Å². The molecule has 0 aromatic heterocycles. The lowest BCUT2D eigenvalue weighted by molar-refractivity contribution is -0.150. The topological polar surface area (TPSA) is 55.6 Å². The molecular weight excluding hydrogens is 192 g/mol. The highest BCUT2D eigenvalue weighted by atomic mass is 16.5. The summed E-state index contributed by atoms with van der Waals surface area (Å²) < 4.78 is 5.44. The van der Waals surface area contributed by atoms with E-state index < -0.39 is 0 Å². The smallest absolute Gasteiger partial charge is 0.225 e. The predicted molar refractivity (Wildman–Crippen MR) is 57.4 cm³/mol. The fourth-order valence-electron chi connectivity index (χ4n) is 2.41. The second-order valence-electron chi connectivity index (χ2n) is 5.32. The maximum atomic E-state index is 11.9. The van der Waals surface area contributed by atoms with E-state index in [2.05, 4.69) is 0 Å². The number of nitrogens with zero attached hydrogens (tertiary/aromatic N) is 1. The van der Waals surface area contributed by atoms with Crippen molar-refractivity contribution < 1.29 is 9.53 Å². The van der Waals surface area contributed by atoms with Gasteiger partial charge in [0.05, 0.1) is 12.0 Å². The minimum atomic E-state index is -0.171. The summed E-state index contributed by atoms with van der Waals surface area (Å²) >= 11 is 0. The Balaban J connectivity index is 1.83. The second kappa shape index (κ2) is 3.46. The van der Waals surface area contributed by atoms with Crippen LogP contribution in [0.3, 0.4) is 0 Å². The molecule has 2 fully saturated rings. The van der Waals surface area contributed by atoms with Crippen LogP contribution in [0.25, 0.3) is 0 Å². The van der Waals surface area contributed by atoms with Gasteiger partial charge in [0.2, 0.25) is 5.91 Å². The van der Waals surface area contributed by atoms with Crippen molar-refractivity contribution >= 4 is 5.91 Å². The Morgan fingerprint density at radius 2 is 2.07 bits per heavy atom. The van der Waals surface area contributed by atoms with Crippen molar-refractivity contribution in [3.8, 4) is 0 Å². The Labute approximate surface area is 90.8 Å². The number of amides is 1. The van der Waals surface area contributed by atoms with Crippen LogP contribution in [-0.4, -0.2) is 42.1 Å². The third-order valence-electron chi connectivity index (χ3n) is 3.63. The van der Waals surface area contributed by atoms with E-state index in [1.54, 1.807) is 7.11 Å². The standard InChI is InChI=1S/C11H20N2O2/c1-10(12)7-13(8-10)9(14)6-11(15-2)4-3-5-11/h3-8,12H2,1-2H3. The lowest BCUT2D eigenvalue weighted by Gasteiger charge is -2.48. The highest BCUT2D eigenvalue weighted by molar-refractivity contribution is 5.78. The van der Waals surface area contributed by atoms with Crippen molar-refractivity contribution in [2.24, 2.45) is 5.73 Å². The molecule has 0 aromatic rings. The molecule has 1 amide bonds. The van der Waals surface area contributed by atoms with Gasteiger partial charge < -0.3 is 15.4 Å². The van der Waals surface area contributed by atoms with Crippen molar-refractivity contribution in [1.29, 1.82) is 0 Å². The molecule has 4 heteroatoms. The van der Waals surface area contributed by atoms with Crippen LogP contribution in [0.4, 0.5) is 0 Å². The molecule has 0 radical (unpaired) electrons. The first-order valence-corrected chi connectivity index (χ1v) is 5.58. The number of nitrogens with two attached hydrogens (primary N) is 1. The van der Waals surface area contributed by atoms with Crippen LogP contribution in [0.5, 0.6) is 0 Å². The monoisotopic (exact) mass is 212 g/mol. The summed E-state index contributed by atoms with van der Waals surface area (Å²) in [5, 5.41) is 0. The number of rotatable bonds is 3. The summed E-state index contributed by atoms with van der Waals surface area (Å²) in [7, 11) is 1.70. The Hall–Kier alpha value is -0.610. The molecule has 2 N–H and O–H groups in total. The van der Waals surface area contributed by atoms with Crippen LogP contribution < -0.4 is 5.73 Å². The zero-order chi connectivity index (χ0) is 11.1. The Morgan fingerprint density at radius 1 is 1.47 bits per heavy atom. The van der Waals surface area contributed by atoms with Crippen molar-refractivity contribution in [2.45, 2.75) is 43.7 Å². The van der Waals surface area contributed by atoms with Crippen LogP contribution in [0.1, 0.15) is 32.6 Å². The number of carbonyl (C=O) groups excluding carboxylic acids is 1. The van der Waals surface area contributed by atoms with Gasteiger partial charge in [-0.05, 0) is 26.2 Å². The number of methoxy groups -OCH3 is 1. The number of carbonyl (C=O) groups is 1. The molecule has 0 unspecified atom stereocenters. The van der Waals surface area contributed by atoms with Crippen molar-refractivity contribution in [3.63, 3.8) is 0 Å². The van der Waals surface area contributed by atoms with E-state index in [4.69, 9.17) is 10.5 Å². The Bertz CT molecular complexity index is 258. The summed E-state index contributed by atoms with van der Waals surface area (Å²) in [6.45, 7) is 3.35. The molecule has 0 bridgehead atoms. The normalized spacial score (nSPS) is 26.7. The minimum Gasteiger partial charge on any atom is -0.378 e. The van der Waals surface area contributed by atoms with Gasteiger partial charge in [0.15, 0.2) is 0 Å². The van der Waals surface area contributed by atoms with E-state index in [0.29, 0.717) is 19.5 Å². The van der Waals surface area contributed by atoms with Crippen LogP contribution >= 0.6 is 0 Å². The quantitative estimate of drug-likeness (QED) is 0.741. The van der Waals surface area contributed by atoms with Gasteiger partial charge in [-0.25, -0.2) is 0 Å². The first-order valence-electron chi connectivity index (χ1n) is 5.58. The van der Waals surface area contributed by atoms with E-state index >= 15 is 0 Å². The fourth-order valence-corrected chi connectivity index (χ4v) is 2.41. The SMILES string of the molecule is COC1(CC(=O)N2CC(C)(N)C2)CCC1.